The minimum Gasteiger partial charge on any atom is -0.371 e. The zero-order valence-electron chi connectivity index (χ0n) is 16.4. The van der Waals surface area contributed by atoms with E-state index >= 15 is 0 Å². The van der Waals surface area contributed by atoms with Gasteiger partial charge in [0.25, 0.3) is 5.91 Å². The predicted molar refractivity (Wildman–Crippen MR) is 112 cm³/mol. The summed E-state index contributed by atoms with van der Waals surface area (Å²) in [5.41, 5.74) is 3.88. The van der Waals surface area contributed by atoms with Gasteiger partial charge in [0.2, 0.25) is 0 Å². The van der Waals surface area contributed by atoms with E-state index in [-0.39, 0.29) is 17.8 Å². The van der Waals surface area contributed by atoms with E-state index in [1.165, 1.54) is 11.1 Å². The Hall–Kier alpha value is -3.24. The number of nitrogens with zero attached hydrogens (tertiary/aromatic N) is 1. The molecule has 0 spiro atoms. The highest BCUT2D eigenvalue weighted by Gasteiger charge is 2.25. The highest BCUT2D eigenvalue weighted by Crippen LogP contribution is 2.22. The third-order valence-corrected chi connectivity index (χ3v) is 5.30. The van der Waals surface area contributed by atoms with Gasteiger partial charge in [-0.15, -0.1) is 0 Å². The van der Waals surface area contributed by atoms with Crippen LogP contribution in [0.2, 0.25) is 0 Å². The van der Waals surface area contributed by atoms with Gasteiger partial charge in [-0.05, 0) is 17.2 Å². The molecule has 1 unspecified atom stereocenters. The Balaban J connectivity index is 1.51. The molecule has 0 saturated carbocycles. The average molecular weight is 385 g/mol. The first-order valence-electron chi connectivity index (χ1n) is 9.76. The number of rotatable bonds is 5. The first-order chi connectivity index (χ1) is 14.1. The summed E-state index contributed by atoms with van der Waals surface area (Å²) in [6, 6.07) is 24.3. The van der Waals surface area contributed by atoms with Crippen LogP contribution in [0.5, 0.6) is 0 Å². The molecular weight excluding hydrogens is 362 g/mol. The molecule has 1 aliphatic rings. The minimum absolute atomic E-state index is 0.0594. The van der Waals surface area contributed by atoms with E-state index in [0.29, 0.717) is 29.8 Å². The Bertz CT molecular complexity index is 1030. The molecule has 1 atom stereocenters. The van der Waals surface area contributed by atoms with Crippen molar-refractivity contribution in [1.82, 2.24) is 4.90 Å². The summed E-state index contributed by atoms with van der Waals surface area (Å²) in [7, 11) is 1.76. The second kappa shape index (κ2) is 8.41. The number of carbonyl (C=O) groups is 2. The van der Waals surface area contributed by atoms with Crippen LogP contribution in [0.4, 0.5) is 0 Å². The molecule has 0 aromatic heterocycles. The molecule has 3 aromatic rings. The number of amides is 1. The average Bonchev–Trinajstić information content (AvgIpc) is 2.78. The van der Waals surface area contributed by atoms with Crippen LogP contribution >= 0.6 is 0 Å². The Labute approximate surface area is 170 Å². The Morgan fingerprint density at radius 3 is 2.24 bits per heavy atom. The summed E-state index contributed by atoms with van der Waals surface area (Å²) in [5, 5.41) is 0. The monoisotopic (exact) mass is 385 g/mol. The summed E-state index contributed by atoms with van der Waals surface area (Å²) < 4.78 is 5.95. The lowest BCUT2D eigenvalue weighted by molar-refractivity contribution is 0.00983. The number of hydrogen-bond acceptors (Lipinski definition) is 3. The minimum atomic E-state index is -0.174. The molecule has 0 radical (unpaired) electrons. The van der Waals surface area contributed by atoms with E-state index in [2.05, 4.69) is 12.1 Å². The third kappa shape index (κ3) is 4.13. The molecular formula is C25H23NO3. The molecule has 1 aliphatic heterocycles. The number of ketones is 1. The molecule has 3 aromatic carbocycles. The van der Waals surface area contributed by atoms with Gasteiger partial charge in [0.1, 0.15) is 0 Å². The van der Waals surface area contributed by atoms with Gasteiger partial charge in [-0.1, -0.05) is 72.8 Å². The van der Waals surface area contributed by atoms with Crippen LogP contribution in [0.1, 0.15) is 37.4 Å². The summed E-state index contributed by atoms with van der Waals surface area (Å²) in [6.45, 7) is 1.03. The molecule has 0 aliphatic carbocycles. The molecule has 4 rings (SSSR count). The molecule has 0 bridgehead atoms. The molecule has 29 heavy (non-hydrogen) atoms. The lowest BCUT2D eigenvalue weighted by atomic mass is 9.97. The smallest absolute Gasteiger partial charge is 0.254 e. The van der Waals surface area contributed by atoms with E-state index < -0.39 is 0 Å². The number of hydrogen-bond donors (Lipinski definition) is 0. The normalized spacial score (nSPS) is 15.4. The van der Waals surface area contributed by atoms with Crippen LogP contribution in [-0.2, 0) is 17.8 Å². The quantitative estimate of drug-likeness (QED) is 0.621. The molecule has 4 nitrogen and oxygen atoms in total. The van der Waals surface area contributed by atoms with Crippen molar-refractivity contribution in [2.75, 3.05) is 13.6 Å². The fraction of sp³-hybridized carbons (Fsp3) is 0.200. The lowest BCUT2D eigenvalue weighted by Crippen LogP contribution is -2.38. The molecule has 1 heterocycles. The first-order valence-corrected chi connectivity index (χ1v) is 9.76. The highest BCUT2D eigenvalue weighted by molar-refractivity contribution is 6.15. The van der Waals surface area contributed by atoms with Gasteiger partial charge in [0, 0.05) is 31.1 Å². The van der Waals surface area contributed by atoms with E-state index in [1.54, 1.807) is 48.3 Å². The second-order valence-corrected chi connectivity index (χ2v) is 7.33. The summed E-state index contributed by atoms with van der Waals surface area (Å²) in [6.07, 6.45) is 0.717. The number of carbonyl (C=O) groups excluding carboxylic acids is 2. The molecule has 0 N–H and O–H groups in total. The Morgan fingerprint density at radius 2 is 1.48 bits per heavy atom. The van der Waals surface area contributed by atoms with Gasteiger partial charge >= 0.3 is 0 Å². The Kier molecular flexibility index (Phi) is 5.54. The number of likely N-dealkylation sites (N-methyl/N-ethyl adjacent to an activating group) is 1. The SMILES string of the molecule is CN(CC1Cc2ccccc2CO1)C(=O)c1ccccc1C(=O)c1ccccc1. The van der Waals surface area contributed by atoms with Gasteiger partial charge in [0.15, 0.2) is 5.78 Å². The zero-order chi connectivity index (χ0) is 20.2. The topological polar surface area (TPSA) is 46.6 Å². The second-order valence-electron chi connectivity index (χ2n) is 7.33. The first kappa shape index (κ1) is 19.1. The van der Waals surface area contributed by atoms with E-state index in [0.717, 1.165) is 6.42 Å². The van der Waals surface area contributed by atoms with Crippen molar-refractivity contribution < 1.29 is 14.3 Å². The van der Waals surface area contributed by atoms with E-state index in [4.69, 9.17) is 4.74 Å². The van der Waals surface area contributed by atoms with Crippen LogP contribution in [0.3, 0.4) is 0 Å². The van der Waals surface area contributed by atoms with Crippen molar-refractivity contribution in [3.8, 4) is 0 Å². The highest BCUT2D eigenvalue weighted by atomic mass is 16.5. The summed E-state index contributed by atoms with van der Waals surface area (Å²) in [5.74, 6) is -0.321. The standard InChI is InChI=1S/C25H23NO3/c1-26(16-21-15-19-11-5-6-12-20(19)17-29-21)25(28)23-14-8-7-13-22(23)24(27)18-9-3-2-4-10-18/h2-14,21H,15-17H2,1H3. The van der Waals surface area contributed by atoms with Gasteiger partial charge in [-0.25, -0.2) is 0 Å². The van der Waals surface area contributed by atoms with Gasteiger partial charge in [-0.2, -0.15) is 0 Å². The predicted octanol–water partition coefficient (Wildman–Crippen LogP) is 4.13. The van der Waals surface area contributed by atoms with Crippen LogP contribution in [-0.4, -0.2) is 36.3 Å². The maximum atomic E-state index is 13.1. The largest absolute Gasteiger partial charge is 0.371 e. The molecule has 0 saturated heterocycles. The number of fused-ring (bicyclic) bond motifs is 1. The van der Waals surface area contributed by atoms with Crippen LogP contribution < -0.4 is 0 Å². The number of benzene rings is 3. The van der Waals surface area contributed by atoms with Crippen molar-refractivity contribution >= 4 is 11.7 Å². The van der Waals surface area contributed by atoms with Gasteiger partial charge in [0.05, 0.1) is 18.3 Å². The van der Waals surface area contributed by atoms with Crippen LogP contribution in [0.15, 0.2) is 78.9 Å². The fourth-order valence-corrected chi connectivity index (χ4v) is 3.73. The van der Waals surface area contributed by atoms with Crippen molar-refractivity contribution in [3.05, 3.63) is 107 Å². The Morgan fingerprint density at radius 1 is 0.862 bits per heavy atom. The van der Waals surface area contributed by atoms with Crippen molar-refractivity contribution in [2.45, 2.75) is 19.1 Å². The van der Waals surface area contributed by atoms with Gasteiger partial charge < -0.3 is 9.64 Å². The van der Waals surface area contributed by atoms with Crippen molar-refractivity contribution in [2.24, 2.45) is 0 Å². The third-order valence-electron chi connectivity index (χ3n) is 5.30. The molecule has 0 fully saturated rings. The van der Waals surface area contributed by atoms with E-state index in [1.807, 2.05) is 30.3 Å². The maximum Gasteiger partial charge on any atom is 0.254 e. The molecule has 146 valence electrons. The maximum absolute atomic E-state index is 13.1. The number of ether oxygens (including phenoxy) is 1. The summed E-state index contributed by atoms with van der Waals surface area (Å²) in [4.78, 5) is 27.7. The van der Waals surface area contributed by atoms with Crippen LogP contribution in [0.25, 0.3) is 0 Å². The lowest BCUT2D eigenvalue weighted by Gasteiger charge is -2.29. The van der Waals surface area contributed by atoms with Crippen molar-refractivity contribution in [3.63, 3.8) is 0 Å². The fourth-order valence-electron chi connectivity index (χ4n) is 3.73. The molecule has 1 amide bonds. The zero-order valence-corrected chi connectivity index (χ0v) is 16.4. The van der Waals surface area contributed by atoms with Gasteiger partial charge in [-0.3, -0.25) is 9.59 Å². The van der Waals surface area contributed by atoms with Crippen molar-refractivity contribution in [1.29, 1.82) is 0 Å². The van der Waals surface area contributed by atoms with Crippen LogP contribution in [0, 0.1) is 0 Å². The molecule has 4 heteroatoms. The van der Waals surface area contributed by atoms with E-state index in [9.17, 15) is 9.59 Å². The summed E-state index contributed by atoms with van der Waals surface area (Å²) >= 11 is 0.